The minimum Gasteiger partial charge on any atom is -0.478 e. The van der Waals surface area contributed by atoms with Crippen molar-refractivity contribution >= 4 is 17.7 Å². The SMILES string of the molecule is O=C(NCC1CCOC1)Nc1cccc(C(=O)O)c1. The van der Waals surface area contributed by atoms with Crippen LogP contribution in [0, 0.1) is 5.92 Å². The molecule has 0 radical (unpaired) electrons. The molecule has 1 aliphatic heterocycles. The molecule has 1 saturated heterocycles. The van der Waals surface area contributed by atoms with Gasteiger partial charge in [-0.1, -0.05) is 6.07 Å². The Kier molecular flexibility index (Phi) is 4.35. The quantitative estimate of drug-likeness (QED) is 0.769. The molecule has 0 aromatic heterocycles. The number of carboxylic acid groups (broad SMARTS) is 1. The Labute approximate surface area is 110 Å². The summed E-state index contributed by atoms with van der Waals surface area (Å²) in [6.07, 6.45) is 0.953. The topological polar surface area (TPSA) is 87.7 Å². The maximum absolute atomic E-state index is 11.6. The first-order chi connectivity index (χ1) is 9.15. The van der Waals surface area contributed by atoms with Gasteiger partial charge in [0.2, 0.25) is 0 Å². The summed E-state index contributed by atoms with van der Waals surface area (Å²) in [7, 11) is 0. The van der Waals surface area contributed by atoms with E-state index >= 15 is 0 Å². The molecule has 1 unspecified atom stereocenters. The van der Waals surface area contributed by atoms with E-state index in [2.05, 4.69) is 10.6 Å². The minimum absolute atomic E-state index is 0.141. The number of carbonyl (C=O) groups excluding carboxylic acids is 1. The van der Waals surface area contributed by atoms with Crippen molar-refractivity contribution in [2.24, 2.45) is 5.92 Å². The van der Waals surface area contributed by atoms with E-state index in [4.69, 9.17) is 9.84 Å². The summed E-state index contributed by atoms with van der Waals surface area (Å²) in [4.78, 5) is 22.4. The number of anilines is 1. The van der Waals surface area contributed by atoms with Crippen molar-refractivity contribution in [1.29, 1.82) is 0 Å². The fourth-order valence-electron chi connectivity index (χ4n) is 1.89. The third kappa shape index (κ3) is 3.96. The molecule has 1 aromatic rings. The summed E-state index contributed by atoms with van der Waals surface area (Å²) in [6.45, 7) is 1.98. The van der Waals surface area contributed by atoms with E-state index in [1.165, 1.54) is 12.1 Å². The summed E-state index contributed by atoms with van der Waals surface area (Å²) in [5.74, 6) is -0.664. The van der Waals surface area contributed by atoms with Gasteiger partial charge in [-0.25, -0.2) is 9.59 Å². The zero-order valence-corrected chi connectivity index (χ0v) is 10.4. The van der Waals surface area contributed by atoms with Gasteiger partial charge in [-0.3, -0.25) is 0 Å². The van der Waals surface area contributed by atoms with Crippen LogP contribution in [0.2, 0.25) is 0 Å². The maximum Gasteiger partial charge on any atom is 0.335 e. The molecule has 19 heavy (non-hydrogen) atoms. The molecular weight excluding hydrogens is 248 g/mol. The van der Waals surface area contributed by atoms with E-state index in [0.29, 0.717) is 24.8 Å². The van der Waals surface area contributed by atoms with Crippen molar-refractivity contribution in [2.45, 2.75) is 6.42 Å². The molecule has 6 heteroatoms. The average Bonchev–Trinajstić information content (AvgIpc) is 2.90. The lowest BCUT2D eigenvalue weighted by Gasteiger charge is -2.11. The number of hydrogen-bond acceptors (Lipinski definition) is 3. The summed E-state index contributed by atoms with van der Waals surface area (Å²) >= 11 is 0. The van der Waals surface area contributed by atoms with Crippen molar-refractivity contribution in [1.82, 2.24) is 5.32 Å². The number of nitrogens with one attached hydrogen (secondary N) is 2. The van der Waals surface area contributed by atoms with E-state index < -0.39 is 5.97 Å². The standard InChI is InChI=1S/C13H16N2O4/c16-12(17)10-2-1-3-11(6-10)15-13(18)14-7-9-4-5-19-8-9/h1-3,6,9H,4-5,7-8H2,(H,16,17)(H2,14,15,18). The minimum atomic E-state index is -1.02. The molecule has 2 amide bonds. The number of carboxylic acids is 1. The molecule has 3 N–H and O–H groups in total. The highest BCUT2D eigenvalue weighted by molar-refractivity contribution is 5.93. The normalized spacial score (nSPS) is 18.0. The molecule has 0 aliphatic carbocycles. The molecule has 2 rings (SSSR count). The van der Waals surface area contributed by atoms with E-state index in [9.17, 15) is 9.59 Å². The van der Waals surface area contributed by atoms with Gasteiger partial charge in [-0.15, -0.1) is 0 Å². The number of aromatic carboxylic acids is 1. The lowest BCUT2D eigenvalue weighted by atomic mass is 10.1. The smallest absolute Gasteiger partial charge is 0.335 e. The van der Waals surface area contributed by atoms with Gasteiger partial charge in [0.15, 0.2) is 0 Å². The van der Waals surface area contributed by atoms with Gasteiger partial charge in [0, 0.05) is 24.8 Å². The van der Waals surface area contributed by atoms with Crippen LogP contribution in [0.25, 0.3) is 0 Å². The van der Waals surface area contributed by atoms with Crippen LogP contribution in [0.3, 0.4) is 0 Å². The number of benzene rings is 1. The van der Waals surface area contributed by atoms with Crippen LogP contribution >= 0.6 is 0 Å². The van der Waals surface area contributed by atoms with E-state index in [1.54, 1.807) is 12.1 Å². The highest BCUT2D eigenvalue weighted by Gasteiger charge is 2.16. The van der Waals surface area contributed by atoms with E-state index in [-0.39, 0.29) is 11.6 Å². The number of carbonyl (C=O) groups is 2. The van der Waals surface area contributed by atoms with Gasteiger partial charge < -0.3 is 20.5 Å². The second-order valence-electron chi connectivity index (χ2n) is 4.45. The Morgan fingerprint density at radius 1 is 1.42 bits per heavy atom. The monoisotopic (exact) mass is 264 g/mol. The summed E-state index contributed by atoms with van der Waals surface area (Å²) in [6, 6.07) is 5.78. The first-order valence-electron chi connectivity index (χ1n) is 6.11. The molecule has 0 spiro atoms. The molecule has 1 fully saturated rings. The number of amides is 2. The molecule has 1 aromatic carbocycles. The Hall–Kier alpha value is -2.08. The van der Waals surface area contributed by atoms with Gasteiger partial charge in [0.05, 0.1) is 12.2 Å². The second-order valence-corrected chi connectivity index (χ2v) is 4.45. The van der Waals surface area contributed by atoms with Gasteiger partial charge >= 0.3 is 12.0 Å². The van der Waals surface area contributed by atoms with Gasteiger partial charge in [0.1, 0.15) is 0 Å². The lowest BCUT2D eigenvalue weighted by Crippen LogP contribution is -2.33. The molecule has 0 bridgehead atoms. The molecule has 0 saturated carbocycles. The highest BCUT2D eigenvalue weighted by atomic mass is 16.5. The van der Waals surface area contributed by atoms with Crippen molar-refractivity contribution in [3.05, 3.63) is 29.8 Å². The Balaban J connectivity index is 1.84. The largest absolute Gasteiger partial charge is 0.478 e. The van der Waals surface area contributed by atoms with Crippen molar-refractivity contribution in [3.8, 4) is 0 Å². The molecule has 1 aliphatic rings. The van der Waals surface area contributed by atoms with Gasteiger partial charge in [-0.05, 0) is 24.6 Å². The van der Waals surface area contributed by atoms with Gasteiger partial charge in [0.25, 0.3) is 0 Å². The number of ether oxygens (including phenoxy) is 1. The summed E-state index contributed by atoms with van der Waals surface area (Å²) in [5.41, 5.74) is 0.599. The summed E-state index contributed by atoms with van der Waals surface area (Å²) in [5, 5.41) is 14.2. The molecule has 1 atom stereocenters. The molecule has 1 heterocycles. The Bertz CT molecular complexity index is 469. The maximum atomic E-state index is 11.6. The van der Waals surface area contributed by atoms with E-state index in [0.717, 1.165) is 13.0 Å². The fourth-order valence-corrected chi connectivity index (χ4v) is 1.89. The van der Waals surface area contributed by atoms with Crippen LogP contribution in [-0.2, 0) is 4.74 Å². The van der Waals surface area contributed by atoms with Crippen molar-refractivity contribution in [2.75, 3.05) is 25.1 Å². The lowest BCUT2D eigenvalue weighted by molar-refractivity contribution is 0.0697. The first-order valence-corrected chi connectivity index (χ1v) is 6.11. The Morgan fingerprint density at radius 2 is 2.26 bits per heavy atom. The molecule has 6 nitrogen and oxygen atoms in total. The zero-order chi connectivity index (χ0) is 13.7. The zero-order valence-electron chi connectivity index (χ0n) is 10.4. The van der Waals surface area contributed by atoms with Crippen molar-refractivity contribution in [3.63, 3.8) is 0 Å². The Morgan fingerprint density at radius 3 is 2.95 bits per heavy atom. The van der Waals surface area contributed by atoms with Crippen LogP contribution in [0.5, 0.6) is 0 Å². The van der Waals surface area contributed by atoms with Crippen LogP contribution in [0.1, 0.15) is 16.8 Å². The highest BCUT2D eigenvalue weighted by Crippen LogP contribution is 2.12. The van der Waals surface area contributed by atoms with Gasteiger partial charge in [-0.2, -0.15) is 0 Å². The predicted molar refractivity (Wildman–Crippen MR) is 69.3 cm³/mol. The average molecular weight is 264 g/mol. The van der Waals surface area contributed by atoms with Crippen LogP contribution in [0.15, 0.2) is 24.3 Å². The number of urea groups is 1. The summed E-state index contributed by atoms with van der Waals surface area (Å²) < 4.78 is 5.21. The van der Waals surface area contributed by atoms with Crippen LogP contribution in [-0.4, -0.2) is 36.9 Å². The first kappa shape index (κ1) is 13.4. The second kappa shape index (κ2) is 6.19. The third-order valence-electron chi connectivity index (χ3n) is 2.94. The van der Waals surface area contributed by atoms with E-state index in [1.807, 2.05) is 0 Å². The molecule has 102 valence electrons. The van der Waals surface area contributed by atoms with Crippen LogP contribution < -0.4 is 10.6 Å². The third-order valence-corrected chi connectivity index (χ3v) is 2.94. The number of rotatable bonds is 4. The number of hydrogen-bond donors (Lipinski definition) is 3. The predicted octanol–water partition coefficient (Wildman–Crippen LogP) is 1.54. The fraction of sp³-hybridized carbons (Fsp3) is 0.385. The van der Waals surface area contributed by atoms with Crippen LogP contribution in [0.4, 0.5) is 10.5 Å². The van der Waals surface area contributed by atoms with Crippen molar-refractivity contribution < 1.29 is 19.4 Å². The molecular formula is C13H16N2O4.